The Morgan fingerprint density at radius 2 is 1.94 bits per heavy atom. The zero-order valence-electron chi connectivity index (χ0n) is 7.96. The molecule has 0 fully saturated rings. The Kier molecular flexibility index (Phi) is 4.32. The number of hydrogen-bond acceptors (Lipinski definition) is 3. The molecule has 3 nitrogen and oxygen atoms in total. The predicted molar refractivity (Wildman–Crippen MR) is 58.7 cm³/mol. The van der Waals surface area contributed by atoms with E-state index in [-0.39, 0.29) is 15.1 Å². The van der Waals surface area contributed by atoms with Gasteiger partial charge in [0, 0.05) is 15.2 Å². The summed E-state index contributed by atoms with van der Waals surface area (Å²) in [7, 11) is 1.14. The van der Waals surface area contributed by atoms with Gasteiger partial charge in [-0.3, -0.25) is 0 Å². The zero-order valence-corrected chi connectivity index (χ0v) is 11.1. The highest BCUT2D eigenvalue weighted by molar-refractivity contribution is 9.10. The van der Waals surface area contributed by atoms with Crippen molar-refractivity contribution in [2.45, 2.75) is 11.1 Å². The van der Waals surface area contributed by atoms with Crippen LogP contribution in [0.25, 0.3) is 0 Å². The highest BCUT2D eigenvalue weighted by Crippen LogP contribution is 2.29. The summed E-state index contributed by atoms with van der Waals surface area (Å²) in [5, 5.41) is 0. The van der Waals surface area contributed by atoms with E-state index in [1.165, 1.54) is 0 Å². The maximum atomic E-state index is 11.9. The summed E-state index contributed by atoms with van der Waals surface area (Å²) < 4.78 is 62.0. The molecule has 0 aromatic heterocycles. The molecule has 0 atom stereocenters. The fourth-order valence-electron chi connectivity index (χ4n) is 0.934. The van der Waals surface area contributed by atoms with Crippen molar-refractivity contribution in [3.8, 4) is 5.75 Å². The molecule has 0 spiro atoms. The topological polar surface area (TPSA) is 43.4 Å². The lowest BCUT2D eigenvalue weighted by molar-refractivity contribution is -0.153. The van der Waals surface area contributed by atoms with E-state index in [0.717, 1.165) is 18.2 Å². The third kappa shape index (κ3) is 4.72. The summed E-state index contributed by atoms with van der Waals surface area (Å²) in [6.07, 6.45) is -4.45. The smallest absolute Gasteiger partial charge is 0.422 e. The monoisotopic (exact) mass is 352 g/mol. The second-order valence-electron chi connectivity index (χ2n) is 2.93. The molecule has 17 heavy (non-hydrogen) atoms. The van der Waals surface area contributed by atoms with Gasteiger partial charge in [-0.05, 0) is 34.1 Å². The number of hydrogen-bond donors (Lipinski definition) is 0. The average Bonchev–Trinajstić information content (AvgIpc) is 2.11. The van der Waals surface area contributed by atoms with Crippen molar-refractivity contribution in [2.24, 2.45) is 0 Å². The van der Waals surface area contributed by atoms with Crippen LogP contribution in [0.15, 0.2) is 27.6 Å². The SMILES string of the molecule is O=S(=O)(Cl)c1ccc(OCC(F)(F)F)cc1Br. The van der Waals surface area contributed by atoms with Gasteiger partial charge in [0.2, 0.25) is 0 Å². The summed E-state index contributed by atoms with van der Waals surface area (Å²) in [6, 6.07) is 3.24. The lowest BCUT2D eigenvalue weighted by Crippen LogP contribution is -2.19. The molecule has 0 aliphatic heterocycles. The quantitative estimate of drug-likeness (QED) is 0.783. The molecule has 0 saturated heterocycles. The van der Waals surface area contributed by atoms with E-state index in [4.69, 9.17) is 10.7 Å². The van der Waals surface area contributed by atoms with Crippen molar-refractivity contribution in [2.75, 3.05) is 6.61 Å². The molecule has 9 heteroatoms. The van der Waals surface area contributed by atoms with Gasteiger partial charge in [0.05, 0.1) is 4.90 Å². The van der Waals surface area contributed by atoms with Crippen LogP contribution in [0, 0.1) is 0 Å². The number of alkyl halides is 3. The molecule has 0 radical (unpaired) electrons. The zero-order chi connectivity index (χ0) is 13.3. The van der Waals surface area contributed by atoms with Crippen LogP contribution in [0.1, 0.15) is 0 Å². The third-order valence-electron chi connectivity index (χ3n) is 1.57. The van der Waals surface area contributed by atoms with Gasteiger partial charge in [-0.15, -0.1) is 0 Å². The number of ether oxygens (including phenoxy) is 1. The van der Waals surface area contributed by atoms with E-state index in [0.29, 0.717) is 0 Å². The first kappa shape index (κ1) is 14.6. The van der Waals surface area contributed by atoms with Crippen LogP contribution >= 0.6 is 26.6 Å². The molecule has 0 amide bonds. The highest BCUT2D eigenvalue weighted by Gasteiger charge is 2.28. The molecular weight excluding hydrogens is 349 g/mol. The van der Waals surface area contributed by atoms with Gasteiger partial charge >= 0.3 is 6.18 Å². The van der Waals surface area contributed by atoms with Gasteiger partial charge < -0.3 is 4.74 Å². The molecular formula is C8H5BrClF3O3S. The van der Waals surface area contributed by atoms with Crippen LogP contribution in [-0.4, -0.2) is 21.2 Å². The average molecular weight is 354 g/mol. The Balaban J connectivity index is 2.91. The first-order valence-corrected chi connectivity index (χ1v) is 7.13. The summed E-state index contributed by atoms with van der Waals surface area (Å²) in [4.78, 5) is -0.237. The van der Waals surface area contributed by atoms with Crippen molar-refractivity contribution in [1.82, 2.24) is 0 Å². The first-order chi connectivity index (χ1) is 7.59. The molecule has 1 aromatic carbocycles. The van der Waals surface area contributed by atoms with E-state index < -0.39 is 21.8 Å². The normalized spacial score (nSPS) is 12.5. The number of benzene rings is 1. The Hall–Kier alpha value is -0.470. The minimum atomic E-state index is -4.45. The lowest BCUT2D eigenvalue weighted by Gasteiger charge is -2.10. The van der Waals surface area contributed by atoms with Gasteiger partial charge in [0.15, 0.2) is 6.61 Å². The van der Waals surface area contributed by atoms with Crippen molar-refractivity contribution in [3.63, 3.8) is 0 Å². The summed E-state index contributed by atoms with van der Waals surface area (Å²) >= 11 is 2.88. The van der Waals surface area contributed by atoms with Gasteiger partial charge in [0.25, 0.3) is 9.05 Å². The lowest BCUT2D eigenvalue weighted by atomic mass is 10.3. The van der Waals surface area contributed by atoms with Crippen LogP contribution in [0.3, 0.4) is 0 Å². The Morgan fingerprint density at radius 1 is 1.35 bits per heavy atom. The minimum Gasteiger partial charge on any atom is -0.484 e. The van der Waals surface area contributed by atoms with Crippen LogP contribution in [0.2, 0.25) is 0 Å². The van der Waals surface area contributed by atoms with Gasteiger partial charge in [-0.2, -0.15) is 13.2 Å². The Labute approximate surface area is 108 Å². The van der Waals surface area contributed by atoms with Crippen LogP contribution < -0.4 is 4.74 Å². The highest BCUT2D eigenvalue weighted by atomic mass is 79.9. The summed E-state index contributed by atoms with van der Waals surface area (Å²) in [5.74, 6) is -0.113. The Bertz CT molecular complexity index is 515. The molecule has 0 unspecified atom stereocenters. The van der Waals surface area contributed by atoms with E-state index >= 15 is 0 Å². The Morgan fingerprint density at radius 3 is 2.35 bits per heavy atom. The van der Waals surface area contributed by atoms with E-state index in [1.807, 2.05) is 0 Å². The predicted octanol–water partition coefficient (Wildman–Crippen LogP) is 3.32. The first-order valence-electron chi connectivity index (χ1n) is 4.03. The molecule has 0 bridgehead atoms. The second kappa shape index (κ2) is 5.03. The minimum absolute atomic E-state index is 0.0344. The van der Waals surface area contributed by atoms with Gasteiger partial charge in [0.1, 0.15) is 5.75 Å². The molecule has 0 N–H and O–H groups in total. The van der Waals surface area contributed by atoms with Crippen molar-refractivity contribution in [3.05, 3.63) is 22.7 Å². The van der Waals surface area contributed by atoms with Crippen molar-refractivity contribution < 1.29 is 26.3 Å². The fourth-order valence-corrected chi connectivity index (χ4v) is 3.14. The molecule has 0 aliphatic carbocycles. The van der Waals surface area contributed by atoms with E-state index in [9.17, 15) is 21.6 Å². The summed E-state index contributed by atoms with van der Waals surface area (Å²) in [5.41, 5.74) is 0. The maximum absolute atomic E-state index is 11.9. The summed E-state index contributed by atoms with van der Waals surface area (Å²) in [6.45, 7) is -1.45. The van der Waals surface area contributed by atoms with Crippen LogP contribution in [-0.2, 0) is 9.05 Å². The van der Waals surface area contributed by atoms with E-state index in [1.54, 1.807) is 0 Å². The largest absolute Gasteiger partial charge is 0.484 e. The molecule has 0 aliphatic rings. The standard InChI is InChI=1S/C8H5BrClF3O3S/c9-6-3-5(16-4-8(11,12)13)1-2-7(6)17(10,14)15/h1-3H,4H2. The number of halogens is 5. The van der Waals surface area contributed by atoms with E-state index in [2.05, 4.69) is 20.7 Å². The van der Waals surface area contributed by atoms with Crippen molar-refractivity contribution in [1.29, 1.82) is 0 Å². The molecule has 0 saturated carbocycles. The maximum Gasteiger partial charge on any atom is 0.422 e. The molecule has 1 rings (SSSR count). The van der Waals surface area contributed by atoms with Gasteiger partial charge in [-0.25, -0.2) is 8.42 Å². The second-order valence-corrected chi connectivity index (χ2v) is 6.32. The molecule has 0 heterocycles. The van der Waals surface area contributed by atoms with Crippen LogP contribution in [0.4, 0.5) is 13.2 Å². The van der Waals surface area contributed by atoms with Gasteiger partial charge in [-0.1, -0.05) is 0 Å². The number of rotatable bonds is 3. The molecule has 96 valence electrons. The van der Waals surface area contributed by atoms with Crippen molar-refractivity contribution >= 4 is 35.7 Å². The molecule has 1 aromatic rings. The third-order valence-corrected chi connectivity index (χ3v) is 3.87. The fraction of sp³-hybridized carbons (Fsp3) is 0.250. The van der Waals surface area contributed by atoms with Crippen LogP contribution in [0.5, 0.6) is 5.75 Å².